The molecular formula is C17H16N2O2. The van der Waals surface area contributed by atoms with Crippen molar-refractivity contribution < 1.29 is 9.21 Å². The summed E-state index contributed by atoms with van der Waals surface area (Å²) in [7, 11) is 1.90. The van der Waals surface area contributed by atoms with Crippen LogP contribution in [0.4, 0.5) is 0 Å². The van der Waals surface area contributed by atoms with Crippen LogP contribution in [0.2, 0.25) is 0 Å². The number of aromatic nitrogens is 1. The predicted octanol–water partition coefficient (Wildman–Crippen LogP) is 3.14. The molecule has 3 rings (SSSR count). The molecule has 21 heavy (non-hydrogen) atoms. The summed E-state index contributed by atoms with van der Waals surface area (Å²) in [6, 6.07) is 15.2. The Labute approximate surface area is 123 Å². The molecule has 2 aromatic heterocycles. The summed E-state index contributed by atoms with van der Waals surface area (Å²) in [6.07, 6.45) is 1.75. The number of ketones is 1. The van der Waals surface area contributed by atoms with Crippen LogP contribution in [0.5, 0.6) is 0 Å². The summed E-state index contributed by atoms with van der Waals surface area (Å²) >= 11 is 0. The number of nitrogens with zero attached hydrogens (tertiary/aromatic N) is 2. The number of hydrogen-bond acceptors (Lipinski definition) is 4. The van der Waals surface area contributed by atoms with Crippen molar-refractivity contribution in [2.75, 3.05) is 13.6 Å². The number of fused-ring (bicyclic) bond motifs is 1. The van der Waals surface area contributed by atoms with E-state index in [4.69, 9.17) is 4.42 Å². The van der Waals surface area contributed by atoms with E-state index in [-0.39, 0.29) is 5.78 Å². The van der Waals surface area contributed by atoms with Gasteiger partial charge in [0.15, 0.2) is 5.76 Å². The second-order valence-electron chi connectivity index (χ2n) is 5.07. The lowest BCUT2D eigenvalue weighted by Gasteiger charge is -2.14. The molecule has 0 atom stereocenters. The Bertz CT molecular complexity index is 717. The lowest BCUT2D eigenvalue weighted by Crippen LogP contribution is -2.25. The highest BCUT2D eigenvalue weighted by Crippen LogP contribution is 2.19. The molecule has 2 heterocycles. The number of para-hydroxylation sites is 1. The highest BCUT2D eigenvalue weighted by atomic mass is 16.3. The van der Waals surface area contributed by atoms with E-state index in [9.17, 15) is 4.79 Å². The molecule has 0 radical (unpaired) electrons. The summed E-state index contributed by atoms with van der Waals surface area (Å²) in [5, 5.41) is 0.952. The number of benzene rings is 1. The molecule has 0 aliphatic heterocycles. The zero-order chi connectivity index (χ0) is 14.7. The second kappa shape index (κ2) is 5.89. The van der Waals surface area contributed by atoms with Gasteiger partial charge in [-0.3, -0.25) is 14.7 Å². The van der Waals surface area contributed by atoms with Crippen LogP contribution < -0.4 is 0 Å². The van der Waals surface area contributed by atoms with Gasteiger partial charge in [0.2, 0.25) is 5.78 Å². The quantitative estimate of drug-likeness (QED) is 0.674. The van der Waals surface area contributed by atoms with Gasteiger partial charge in [0.25, 0.3) is 0 Å². The van der Waals surface area contributed by atoms with Gasteiger partial charge in [0.1, 0.15) is 5.58 Å². The van der Waals surface area contributed by atoms with E-state index < -0.39 is 0 Å². The van der Waals surface area contributed by atoms with Crippen LogP contribution >= 0.6 is 0 Å². The van der Waals surface area contributed by atoms with Gasteiger partial charge in [0.05, 0.1) is 12.2 Å². The first-order chi connectivity index (χ1) is 10.2. The number of Topliss-reactive ketones (excluding diaryl/α,β-unsaturated/α-hetero) is 1. The molecule has 0 aliphatic rings. The first-order valence-electron chi connectivity index (χ1n) is 6.82. The summed E-state index contributed by atoms with van der Waals surface area (Å²) in [4.78, 5) is 18.4. The Morgan fingerprint density at radius 2 is 2.00 bits per heavy atom. The lowest BCUT2D eigenvalue weighted by molar-refractivity contribution is 0.0917. The maximum absolute atomic E-state index is 12.3. The number of pyridine rings is 1. The molecule has 0 unspecified atom stereocenters. The average molecular weight is 280 g/mol. The molecule has 0 aliphatic carbocycles. The predicted molar refractivity (Wildman–Crippen MR) is 81.1 cm³/mol. The molecule has 0 fully saturated rings. The second-order valence-corrected chi connectivity index (χ2v) is 5.07. The van der Waals surface area contributed by atoms with E-state index in [1.54, 1.807) is 12.3 Å². The van der Waals surface area contributed by atoms with Crippen LogP contribution in [0.3, 0.4) is 0 Å². The molecule has 4 heteroatoms. The number of carbonyl (C=O) groups excluding carboxylic acids is 1. The van der Waals surface area contributed by atoms with Gasteiger partial charge in [-0.05, 0) is 31.3 Å². The van der Waals surface area contributed by atoms with Gasteiger partial charge >= 0.3 is 0 Å². The third-order valence-electron chi connectivity index (χ3n) is 3.27. The molecule has 106 valence electrons. The Balaban J connectivity index is 1.68. The van der Waals surface area contributed by atoms with Crippen molar-refractivity contribution >= 4 is 16.8 Å². The van der Waals surface area contributed by atoms with E-state index in [1.165, 1.54) is 0 Å². The van der Waals surface area contributed by atoms with Gasteiger partial charge in [-0.15, -0.1) is 0 Å². The standard InChI is InChI=1S/C17H16N2O2/c1-19(11-14-7-4-5-9-18-14)12-15(20)17-10-13-6-2-3-8-16(13)21-17/h2-10H,11-12H2,1H3. The number of rotatable bonds is 5. The van der Waals surface area contributed by atoms with E-state index in [0.29, 0.717) is 18.8 Å². The van der Waals surface area contributed by atoms with Crippen molar-refractivity contribution in [3.63, 3.8) is 0 Å². The van der Waals surface area contributed by atoms with Crippen LogP contribution in [-0.4, -0.2) is 29.3 Å². The molecule has 3 aromatic rings. The fraction of sp³-hybridized carbons (Fsp3) is 0.176. The summed E-state index contributed by atoms with van der Waals surface area (Å²) < 4.78 is 5.59. The molecule has 0 saturated heterocycles. The van der Waals surface area contributed by atoms with Gasteiger partial charge in [-0.1, -0.05) is 24.3 Å². The number of likely N-dealkylation sites (N-methyl/N-ethyl adjacent to an activating group) is 1. The van der Waals surface area contributed by atoms with Crippen LogP contribution in [0, 0.1) is 0 Å². The van der Waals surface area contributed by atoms with Crippen LogP contribution in [-0.2, 0) is 6.54 Å². The SMILES string of the molecule is CN(CC(=O)c1cc2ccccc2o1)Cc1ccccn1. The minimum atomic E-state index is -0.0235. The van der Waals surface area contributed by atoms with Crippen LogP contribution in [0.1, 0.15) is 16.2 Å². The highest BCUT2D eigenvalue weighted by molar-refractivity contribution is 5.98. The molecule has 0 N–H and O–H groups in total. The van der Waals surface area contributed by atoms with Gasteiger partial charge < -0.3 is 4.42 Å². The van der Waals surface area contributed by atoms with Crippen molar-refractivity contribution in [3.05, 3.63) is 66.2 Å². The number of furan rings is 1. The highest BCUT2D eigenvalue weighted by Gasteiger charge is 2.14. The minimum Gasteiger partial charge on any atom is -0.453 e. The molecule has 0 saturated carbocycles. The first-order valence-corrected chi connectivity index (χ1v) is 6.82. The van der Waals surface area contributed by atoms with E-state index in [1.807, 2.05) is 54.4 Å². The number of carbonyl (C=O) groups is 1. The van der Waals surface area contributed by atoms with Crippen LogP contribution in [0.15, 0.2) is 59.1 Å². The van der Waals surface area contributed by atoms with Gasteiger partial charge in [-0.25, -0.2) is 0 Å². The molecule has 0 spiro atoms. The Morgan fingerprint density at radius 1 is 1.19 bits per heavy atom. The Kier molecular flexibility index (Phi) is 3.79. The molecule has 1 aromatic carbocycles. The maximum Gasteiger partial charge on any atom is 0.211 e. The number of hydrogen-bond donors (Lipinski definition) is 0. The fourth-order valence-corrected chi connectivity index (χ4v) is 2.27. The van der Waals surface area contributed by atoms with Crippen LogP contribution in [0.25, 0.3) is 11.0 Å². The normalized spacial score (nSPS) is 11.1. The van der Waals surface area contributed by atoms with Gasteiger partial charge in [0, 0.05) is 18.1 Å². The zero-order valence-electron chi connectivity index (χ0n) is 11.8. The van der Waals surface area contributed by atoms with Crippen molar-refractivity contribution in [2.24, 2.45) is 0 Å². The zero-order valence-corrected chi connectivity index (χ0v) is 11.8. The minimum absolute atomic E-state index is 0.0235. The topological polar surface area (TPSA) is 46.3 Å². The average Bonchev–Trinajstić information content (AvgIpc) is 2.92. The monoisotopic (exact) mass is 280 g/mol. The molecular weight excluding hydrogens is 264 g/mol. The molecule has 0 bridgehead atoms. The van der Waals surface area contributed by atoms with Crippen molar-refractivity contribution in [3.8, 4) is 0 Å². The van der Waals surface area contributed by atoms with Crippen molar-refractivity contribution in [2.45, 2.75) is 6.54 Å². The van der Waals surface area contributed by atoms with Crippen molar-refractivity contribution in [1.29, 1.82) is 0 Å². The fourth-order valence-electron chi connectivity index (χ4n) is 2.27. The molecule has 4 nitrogen and oxygen atoms in total. The smallest absolute Gasteiger partial charge is 0.211 e. The Hall–Kier alpha value is -2.46. The lowest BCUT2D eigenvalue weighted by atomic mass is 10.2. The van der Waals surface area contributed by atoms with Crippen molar-refractivity contribution in [1.82, 2.24) is 9.88 Å². The van der Waals surface area contributed by atoms with E-state index in [2.05, 4.69) is 4.98 Å². The summed E-state index contributed by atoms with van der Waals surface area (Å²) in [5.41, 5.74) is 1.69. The third-order valence-corrected chi connectivity index (χ3v) is 3.27. The maximum atomic E-state index is 12.3. The van der Waals surface area contributed by atoms with Gasteiger partial charge in [-0.2, -0.15) is 0 Å². The van der Waals surface area contributed by atoms with E-state index >= 15 is 0 Å². The first kappa shape index (κ1) is 13.5. The van der Waals surface area contributed by atoms with E-state index in [0.717, 1.165) is 16.7 Å². The summed E-state index contributed by atoms with van der Waals surface area (Å²) in [5.74, 6) is 0.383. The Morgan fingerprint density at radius 3 is 2.76 bits per heavy atom. The summed E-state index contributed by atoms with van der Waals surface area (Å²) in [6.45, 7) is 0.934. The molecule has 0 amide bonds. The largest absolute Gasteiger partial charge is 0.453 e. The third kappa shape index (κ3) is 3.17.